The summed E-state index contributed by atoms with van der Waals surface area (Å²) in [5, 5.41) is 12.5. The third kappa shape index (κ3) is 3.43. The third-order valence-corrected chi connectivity index (χ3v) is 4.21. The molecule has 0 saturated heterocycles. The van der Waals surface area contributed by atoms with Crippen LogP contribution in [-0.2, 0) is 13.0 Å². The molecule has 0 saturated carbocycles. The molecular weight excluding hydrogens is 352 g/mol. The van der Waals surface area contributed by atoms with Gasteiger partial charge in [0, 0.05) is 35.2 Å². The van der Waals surface area contributed by atoms with Crippen molar-refractivity contribution in [1.29, 1.82) is 0 Å². The van der Waals surface area contributed by atoms with E-state index in [0.29, 0.717) is 0 Å². The van der Waals surface area contributed by atoms with Crippen molar-refractivity contribution in [3.63, 3.8) is 0 Å². The van der Waals surface area contributed by atoms with E-state index in [1.54, 1.807) is 0 Å². The fraction of sp³-hybridized carbons (Fsp3) is 0.200. The lowest BCUT2D eigenvalue weighted by Gasteiger charge is -2.07. The summed E-state index contributed by atoms with van der Waals surface area (Å²) in [4.78, 5) is 0. The first kappa shape index (κ1) is 14.5. The highest BCUT2D eigenvalue weighted by Gasteiger charge is 2.04. The largest absolute Gasteiger partial charge is 0.312 e. The molecule has 0 aliphatic rings. The highest BCUT2D eigenvalue weighted by molar-refractivity contribution is 9.10. The topological polar surface area (TPSA) is 42.2 Å². The van der Waals surface area contributed by atoms with Gasteiger partial charge in [-0.15, -0.1) is 10.2 Å². The van der Waals surface area contributed by atoms with E-state index in [2.05, 4.69) is 31.4 Å². The average Bonchev–Trinajstić information content (AvgIpc) is 2.89. The van der Waals surface area contributed by atoms with Gasteiger partial charge in [-0.25, -0.2) is 0 Å². The monoisotopic (exact) mass is 364 g/mol. The summed E-state index contributed by atoms with van der Waals surface area (Å²) in [6.07, 6.45) is 2.82. The first-order chi connectivity index (χ1) is 10.2. The van der Waals surface area contributed by atoms with Crippen molar-refractivity contribution in [1.82, 2.24) is 19.9 Å². The number of nitrogens with zero attached hydrogens (tertiary/aromatic N) is 3. The fourth-order valence-electron chi connectivity index (χ4n) is 2.15. The number of aromatic nitrogens is 3. The van der Waals surface area contributed by atoms with Gasteiger partial charge in [0.1, 0.15) is 5.82 Å². The number of hydrogen-bond donors (Lipinski definition) is 1. The van der Waals surface area contributed by atoms with E-state index in [1.165, 1.54) is 5.56 Å². The summed E-state index contributed by atoms with van der Waals surface area (Å²) in [6.45, 7) is 1.62. The quantitative estimate of drug-likeness (QED) is 0.704. The second kappa shape index (κ2) is 6.56. The number of rotatable bonds is 5. The first-order valence-corrected chi connectivity index (χ1v) is 7.84. The molecule has 0 atom stereocenters. The predicted molar refractivity (Wildman–Crippen MR) is 87.5 cm³/mol. The van der Waals surface area contributed by atoms with Crippen LogP contribution in [0.2, 0.25) is 5.02 Å². The summed E-state index contributed by atoms with van der Waals surface area (Å²) in [7, 11) is 0. The van der Waals surface area contributed by atoms with E-state index in [9.17, 15) is 0 Å². The Morgan fingerprint density at radius 2 is 2.10 bits per heavy atom. The van der Waals surface area contributed by atoms with Crippen molar-refractivity contribution >= 4 is 33.2 Å². The summed E-state index contributed by atoms with van der Waals surface area (Å²) < 4.78 is 3.04. The van der Waals surface area contributed by atoms with Crippen LogP contribution in [0.3, 0.4) is 0 Å². The van der Waals surface area contributed by atoms with E-state index in [1.807, 2.05) is 47.0 Å². The minimum Gasteiger partial charge on any atom is -0.312 e. The zero-order valence-electron chi connectivity index (χ0n) is 11.3. The lowest BCUT2D eigenvalue weighted by molar-refractivity contribution is 0.665. The number of pyridine rings is 1. The first-order valence-electron chi connectivity index (χ1n) is 6.67. The van der Waals surface area contributed by atoms with Crippen LogP contribution in [0.25, 0.3) is 5.65 Å². The highest BCUT2D eigenvalue weighted by Crippen LogP contribution is 2.21. The van der Waals surface area contributed by atoms with Crippen molar-refractivity contribution in [3.8, 4) is 0 Å². The number of hydrogen-bond acceptors (Lipinski definition) is 3. The Bertz CT molecular complexity index is 756. The van der Waals surface area contributed by atoms with Crippen LogP contribution in [0.4, 0.5) is 0 Å². The van der Waals surface area contributed by atoms with Gasteiger partial charge in [0.2, 0.25) is 0 Å². The minimum absolute atomic E-state index is 0.737. The van der Waals surface area contributed by atoms with Gasteiger partial charge in [-0.2, -0.15) is 0 Å². The Labute approximate surface area is 136 Å². The zero-order chi connectivity index (χ0) is 14.7. The van der Waals surface area contributed by atoms with Crippen LogP contribution in [0.1, 0.15) is 11.4 Å². The van der Waals surface area contributed by atoms with Gasteiger partial charge in [0.05, 0.1) is 0 Å². The number of benzene rings is 1. The average molecular weight is 366 g/mol. The maximum Gasteiger partial charge on any atom is 0.160 e. The summed E-state index contributed by atoms with van der Waals surface area (Å²) in [5.41, 5.74) is 2.07. The fourth-order valence-corrected chi connectivity index (χ4v) is 2.97. The summed E-state index contributed by atoms with van der Waals surface area (Å²) in [6, 6.07) is 11.7. The summed E-state index contributed by atoms with van der Waals surface area (Å²) >= 11 is 9.45. The van der Waals surface area contributed by atoms with Crippen molar-refractivity contribution in [2.75, 3.05) is 6.54 Å². The lowest BCUT2D eigenvalue weighted by atomic mass is 10.2. The van der Waals surface area contributed by atoms with E-state index in [4.69, 9.17) is 11.6 Å². The Morgan fingerprint density at radius 1 is 1.19 bits per heavy atom. The standard InChI is InChI=1S/C15H14BrClN4/c16-13-9-12(17)5-4-11(13)10-18-7-6-15-20-19-14-3-1-2-8-21(14)15/h1-5,8-9,18H,6-7,10H2. The highest BCUT2D eigenvalue weighted by atomic mass is 79.9. The van der Waals surface area contributed by atoms with Crippen molar-refractivity contribution in [2.45, 2.75) is 13.0 Å². The Hall–Kier alpha value is -1.43. The van der Waals surface area contributed by atoms with E-state index >= 15 is 0 Å². The SMILES string of the molecule is Clc1ccc(CNCCc2nnc3ccccn23)c(Br)c1. The van der Waals surface area contributed by atoms with Crippen molar-refractivity contribution in [2.24, 2.45) is 0 Å². The Morgan fingerprint density at radius 3 is 2.95 bits per heavy atom. The van der Waals surface area contributed by atoms with Gasteiger partial charge >= 0.3 is 0 Å². The molecule has 0 spiro atoms. The minimum atomic E-state index is 0.737. The molecule has 6 heteroatoms. The van der Waals surface area contributed by atoms with Gasteiger partial charge in [-0.05, 0) is 29.8 Å². The van der Waals surface area contributed by atoms with Crippen molar-refractivity contribution in [3.05, 3.63) is 63.5 Å². The lowest BCUT2D eigenvalue weighted by Crippen LogP contribution is -2.18. The molecule has 4 nitrogen and oxygen atoms in total. The molecule has 3 rings (SSSR count). The van der Waals surface area contributed by atoms with E-state index in [0.717, 1.165) is 40.5 Å². The maximum absolute atomic E-state index is 5.93. The Kier molecular flexibility index (Phi) is 4.53. The number of nitrogens with one attached hydrogen (secondary N) is 1. The number of fused-ring (bicyclic) bond motifs is 1. The molecule has 0 bridgehead atoms. The smallest absolute Gasteiger partial charge is 0.160 e. The van der Waals surface area contributed by atoms with Gasteiger partial charge < -0.3 is 5.32 Å². The zero-order valence-corrected chi connectivity index (χ0v) is 13.6. The molecule has 108 valence electrons. The van der Waals surface area contributed by atoms with Gasteiger partial charge in [-0.1, -0.05) is 39.7 Å². The van der Waals surface area contributed by atoms with Crippen LogP contribution >= 0.6 is 27.5 Å². The van der Waals surface area contributed by atoms with Crippen LogP contribution in [0, 0.1) is 0 Å². The van der Waals surface area contributed by atoms with Crippen LogP contribution in [-0.4, -0.2) is 21.1 Å². The third-order valence-electron chi connectivity index (χ3n) is 3.24. The molecule has 2 aromatic heterocycles. The van der Waals surface area contributed by atoms with Gasteiger partial charge in [0.25, 0.3) is 0 Å². The summed E-state index contributed by atoms with van der Waals surface area (Å²) in [5.74, 6) is 0.966. The molecule has 0 amide bonds. The number of halogens is 2. The molecule has 0 aliphatic heterocycles. The normalized spacial score (nSPS) is 11.1. The molecular formula is C15H14BrClN4. The molecule has 0 radical (unpaired) electrons. The van der Waals surface area contributed by atoms with Crippen LogP contribution < -0.4 is 5.32 Å². The molecule has 3 aromatic rings. The Balaban J connectivity index is 1.57. The van der Waals surface area contributed by atoms with Crippen LogP contribution in [0.5, 0.6) is 0 Å². The van der Waals surface area contributed by atoms with Gasteiger partial charge in [0.15, 0.2) is 5.65 Å². The second-order valence-corrected chi connectivity index (χ2v) is 6.00. The van der Waals surface area contributed by atoms with Crippen LogP contribution in [0.15, 0.2) is 47.1 Å². The molecule has 1 aromatic carbocycles. The maximum atomic E-state index is 5.93. The second-order valence-electron chi connectivity index (χ2n) is 4.71. The van der Waals surface area contributed by atoms with E-state index < -0.39 is 0 Å². The van der Waals surface area contributed by atoms with Gasteiger partial charge in [-0.3, -0.25) is 4.40 Å². The molecule has 2 heterocycles. The molecule has 0 aliphatic carbocycles. The molecule has 1 N–H and O–H groups in total. The predicted octanol–water partition coefficient (Wildman–Crippen LogP) is 3.48. The van der Waals surface area contributed by atoms with E-state index in [-0.39, 0.29) is 0 Å². The molecule has 21 heavy (non-hydrogen) atoms. The van der Waals surface area contributed by atoms with Crippen molar-refractivity contribution < 1.29 is 0 Å². The molecule has 0 fully saturated rings. The molecule has 0 unspecified atom stereocenters.